The first-order valence-electron chi connectivity index (χ1n) is 6.05. The number of halogens is 3. The lowest BCUT2D eigenvalue weighted by Crippen LogP contribution is -2.15. The molecular weight excluding hydrogens is 284 g/mol. The van der Waals surface area contributed by atoms with Gasteiger partial charge >= 0.3 is 0 Å². The molecule has 0 aliphatic carbocycles. The van der Waals surface area contributed by atoms with Gasteiger partial charge in [-0.05, 0) is 36.2 Å². The summed E-state index contributed by atoms with van der Waals surface area (Å²) in [4.78, 5) is 0. The second-order valence-electron chi connectivity index (χ2n) is 4.41. The summed E-state index contributed by atoms with van der Waals surface area (Å²) < 4.78 is 32.3. The monoisotopic (exact) mass is 297 g/mol. The van der Waals surface area contributed by atoms with Crippen LogP contribution >= 0.6 is 11.6 Å². The van der Waals surface area contributed by atoms with Crippen molar-refractivity contribution in [1.82, 2.24) is 0 Å². The number of methoxy groups -OCH3 is 1. The lowest BCUT2D eigenvalue weighted by molar-refractivity contribution is 0.403. The van der Waals surface area contributed by atoms with Crippen molar-refractivity contribution in [2.45, 2.75) is 12.5 Å². The lowest BCUT2D eigenvalue weighted by Gasteiger charge is -2.16. The summed E-state index contributed by atoms with van der Waals surface area (Å²) in [5.74, 6) is -0.441. The van der Waals surface area contributed by atoms with E-state index in [0.29, 0.717) is 16.9 Å². The Kier molecular flexibility index (Phi) is 4.57. The van der Waals surface area contributed by atoms with Crippen LogP contribution in [0.1, 0.15) is 17.2 Å². The van der Waals surface area contributed by atoms with Crippen LogP contribution in [0.3, 0.4) is 0 Å². The Hall–Kier alpha value is -1.65. The van der Waals surface area contributed by atoms with Crippen LogP contribution in [0.25, 0.3) is 0 Å². The number of rotatable bonds is 4. The van der Waals surface area contributed by atoms with Gasteiger partial charge in [-0.25, -0.2) is 8.78 Å². The first-order chi connectivity index (χ1) is 9.52. The van der Waals surface area contributed by atoms with Crippen LogP contribution < -0.4 is 10.5 Å². The van der Waals surface area contributed by atoms with Gasteiger partial charge in [-0.3, -0.25) is 0 Å². The maximum absolute atomic E-state index is 13.8. The highest BCUT2D eigenvalue weighted by molar-refractivity contribution is 6.30. The van der Waals surface area contributed by atoms with Gasteiger partial charge in [0.1, 0.15) is 17.4 Å². The first kappa shape index (κ1) is 14.8. The highest BCUT2D eigenvalue weighted by Crippen LogP contribution is 2.28. The molecular formula is C15H14ClF2NO. The van der Waals surface area contributed by atoms with Gasteiger partial charge in [0.15, 0.2) is 0 Å². The molecule has 0 saturated carbocycles. The van der Waals surface area contributed by atoms with Crippen molar-refractivity contribution < 1.29 is 13.5 Å². The molecule has 0 fully saturated rings. The highest BCUT2D eigenvalue weighted by atomic mass is 35.5. The Morgan fingerprint density at radius 3 is 2.70 bits per heavy atom. The predicted octanol–water partition coefficient (Wildman–Crippen LogP) is 3.87. The van der Waals surface area contributed by atoms with Crippen LogP contribution in [0.5, 0.6) is 5.75 Å². The average Bonchev–Trinajstić information content (AvgIpc) is 2.43. The largest absolute Gasteiger partial charge is 0.496 e. The number of nitrogens with two attached hydrogens (primary N) is 1. The number of benzene rings is 2. The molecule has 1 unspecified atom stereocenters. The maximum atomic E-state index is 13.8. The maximum Gasteiger partial charge on any atom is 0.145 e. The quantitative estimate of drug-likeness (QED) is 0.930. The third-order valence-corrected chi connectivity index (χ3v) is 3.35. The van der Waals surface area contributed by atoms with Crippen molar-refractivity contribution in [2.24, 2.45) is 5.73 Å². The molecule has 0 aliphatic heterocycles. The smallest absolute Gasteiger partial charge is 0.145 e. The Morgan fingerprint density at radius 1 is 1.25 bits per heavy atom. The summed E-state index contributed by atoms with van der Waals surface area (Å²) in [6.45, 7) is 0. The fraction of sp³-hybridized carbons (Fsp3) is 0.200. The minimum Gasteiger partial charge on any atom is -0.496 e. The third-order valence-electron chi connectivity index (χ3n) is 3.06. The van der Waals surface area contributed by atoms with E-state index in [0.717, 1.165) is 0 Å². The van der Waals surface area contributed by atoms with E-state index in [9.17, 15) is 8.78 Å². The minimum absolute atomic E-state index is 0.0425. The van der Waals surface area contributed by atoms with E-state index in [-0.39, 0.29) is 11.4 Å². The first-order valence-corrected chi connectivity index (χ1v) is 6.42. The second kappa shape index (κ2) is 6.20. The molecule has 2 nitrogen and oxygen atoms in total. The van der Waals surface area contributed by atoms with Crippen molar-refractivity contribution in [3.05, 3.63) is 64.2 Å². The second-order valence-corrected chi connectivity index (χ2v) is 4.82. The minimum atomic E-state index is -0.589. The van der Waals surface area contributed by atoms with Crippen molar-refractivity contribution in [3.63, 3.8) is 0 Å². The van der Waals surface area contributed by atoms with Gasteiger partial charge in [0.25, 0.3) is 0 Å². The molecule has 2 N–H and O–H groups in total. The molecule has 0 amide bonds. The van der Waals surface area contributed by atoms with Crippen LogP contribution in [0.15, 0.2) is 36.4 Å². The Labute approximate surface area is 121 Å². The highest BCUT2D eigenvalue weighted by Gasteiger charge is 2.16. The van der Waals surface area contributed by atoms with Gasteiger partial charge in [-0.1, -0.05) is 23.7 Å². The molecule has 2 aromatic carbocycles. The normalized spacial score (nSPS) is 12.2. The molecule has 0 aromatic heterocycles. The Morgan fingerprint density at radius 2 is 2.00 bits per heavy atom. The van der Waals surface area contributed by atoms with E-state index in [1.165, 1.54) is 31.4 Å². The van der Waals surface area contributed by atoms with Gasteiger partial charge in [-0.2, -0.15) is 0 Å². The van der Waals surface area contributed by atoms with Crippen molar-refractivity contribution >= 4 is 11.6 Å². The van der Waals surface area contributed by atoms with E-state index in [4.69, 9.17) is 22.1 Å². The van der Waals surface area contributed by atoms with Gasteiger partial charge in [0.2, 0.25) is 0 Å². The molecule has 0 saturated heterocycles. The van der Waals surface area contributed by atoms with Crippen LogP contribution in [0, 0.1) is 11.6 Å². The fourth-order valence-corrected chi connectivity index (χ4v) is 2.24. The summed E-state index contributed by atoms with van der Waals surface area (Å²) in [5.41, 5.74) is 6.91. The third kappa shape index (κ3) is 3.08. The van der Waals surface area contributed by atoms with Crippen LogP contribution in [0.2, 0.25) is 5.02 Å². The summed E-state index contributed by atoms with van der Waals surface area (Å²) >= 11 is 5.73. The summed E-state index contributed by atoms with van der Waals surface area (Å²) in [7, 11) is 1.48. The van der Waals surface area contributed by atoms with E-state index < -0.39 is 17.7 Å². The molecule has 0 aliphatic rings. The number of ether oxygens (including phenoxy) is 1. The van der Waals surface area contributed by atoms with Crippen LogP contribution in [-0.4, -0.2) is 7.11 Å². The molecule has 0 heterocycles. The molecule has 2 aromatic rings. The zero-order chi connectivity index (χ0) is 14.7. The number of hydrogen-bond donors (Lipinski definition) is 1. The summed E-state index contributed by atoms with van der Waals surface area (Å²) in [6, 6.07) is 8.21. The zero-order valence-corrected chi connectivity index (χ0v) is 11.6. The van der Waals surface area contributed by atoms with Crippen molar-refractivity contribution in [1.29, 1.82) is 0 Å². The van der Waals surface area contributed by atoms with Crippen molar-refractivity contribution in [2.75, 3.05) is 7.11 Å². The van der Waals surface area contributed by atoms with E-state index in [1.54, 1.807) is 12.1 Å². The molecule has 106 valence electrons. The standard InChI is InChI=1S/C15H14ClF2NO/c1-20-14-6-5-10(17)8-11(14)13(19)7-9-3-2-4-12(16)15(9)18/h2-6,8,13H,7,19H2,1H3. The molecule has 0 radical (unpaired) electrons. The molecule has 5 heteroatoms. The van der Waals surface area contributed by atoms with Gasteiger partial charge in [-0.15, -0.1) is 0 Å². The molecule has 0 spiro atoms. The van der Waals surface area contributed by atoms with Gasteiger partial charge in [0, 0.05) is 11.6 Å². The van der Waals surface area contributed by atoms with Crippen molar-refractivity contribution in [3.8, 4) is 5.75 Å². The molecule has 0 bridgehead atoms. The zero-order valence-electron chi connectivity index (χ0n) is 10.9. The molecule has 1 atom stereocenters. The number of hydrogen-bond acceptors (Lipinski definition) is 2. The van der Waals surface area contributed by atoms with E-state index in [2.05, 4.69) is 0 Å². The molecule has 20 heavy (non-hydrogen) atoms. The predicted molar refractivity (Wildman–Crippen MR) is 75.0 cm³/mol. The van der Waals surface area contributed by atoms with Gasteiger partial charge in [0.05, 0.1) is 12.1 Å². The topological polar surface area (TPSA) is 35.2 Å². The van der Waals surface area contributed by atoms with E-state index in [1.807, 2.05) is 0 Å². The van der Waals surface area contributed by atoms with Crippen LogP contribution in [0.4, 0.5) is 8.78 Å². The Balaban J connectivity index is 2.30. The van der Waals surface area contributed by atoms with Crippen LogP contribution in [-0.2, 0) is 6.42 Å². The SMILES string of the molecule is COc1ccc(F)cc1C(N)Cc1cccc(Cl)c1F. The van der Waals surface area contributed by atoms with E-state index >= 15 is 0 Å². The summed E-state index contributed by atoms with van der Waals surface area (Å²) in [6.07, 6.45) is 0.201. The average molecular weight is 298 g/mol. The fourth-order valence-electron chi connectivity index (χ4n) is 2.05. The molecule has 2 rings (SSSR count). The summed E-state index contributed by atoms with van der Waals surface area (Å²) in [5, 5.41) is 0.0425. The van der Waals surface area contributed by atoms with Gasteiger partial charge < -0.3 is 10.5 Å². The Bertz CT molecular complexity index is 619. The lowest BCUT2D eigenvalue weighted by atomic mass is 9.98.